The molecule has 2 N–H and O–H groups in total. The van der Waals surface area contributed by atoms with Gasteiger partial charge < -0.3 is 15.5 Å². The first-order chi connectivity index (χ1) is 16.7. The Kier molecular flexibility index (Phi) is 7.46. The number of urea groups is 1. The fourth-order valence-electron chi connectivity index (χ4n) is 4.66. The van der Waals surface area contributed by atoms with Gasteiger partial charge in [-0.3, -0.25) is 4.79 Å². The first-order valence-electron chi connectivity index (χ1n) is 12.1. The predicted molar refractivity (Wildman–Crippen MR) is 143 cm³/mol. The number of anilines is 2. The van der Waals surface area contributed by atoms with Gasteiger partial charge in [-0.05, 0) is 52.3 Å². The van der Waals surface area contributed by atoms with Gasteiger partial charge in [0.25, 0.3) is 0 Å². The topological polar surface area (TPSA) is 61.4 Å². The maximum atomic E-state index is 13.6. The lowest BCUT2D eigenvalue weighted by Crippen LogP contribution is -2.53. The van der Waals surface area contributed by atoms with E-state index >= 15 is 0 Å². The second kappa shape index (κ2) is 10.5. The molecule has 1 heterocycles. The molecule has 0 saturated heterocycles. The molecule has 0 aliphatic carbocycles. The zero-order valence-electron chi connectivity index (χ0n) is 20.6. The Morgan fingerprint density at radius 3 is 2.29 bits per heavy atom. The van der Waals surface area contributed by atoms with Gasteiger partial charge in [-0.1, -0.05) is 87.8 Å². The van der Waals surface area contributed by atoms with Crippen LogP contribution in [0.15, 0.2) is 66.7 Å². The quantitative estimate of drug-likeness (QED) is 0.397. The molecule has 0 saturated carbocycles. The van der Waals surface area contributed by atoms with Crippen molar-refractivity contribution in [1.82, 2.24) is 5.32 Å². The molecule has 4 rings (SSSR count). The predicted octanol–water partition coefficient (Wildman–Crippen LogP) is 6.87. The molecule has 1 aliphatic rings. The molecule has 0 bridgehead atoms. The molecule has 1 aliphatic heterocycles. The minimum absolute atomic E-state index is 0.139. The van der Waals surface area contributed by atoms with Gasteiger partial charge in [0.2, 0.25) is 5.91 Å². The van der Waals surface area contributed by atoms with Crippen molar-refractivity contribution < 1.29 is 9.59 Å². The summed E-state index contributed by atoms with van der Waals surface area (Å²) < 4.78 is 0. The smallest absolute Gasteiger partial charge is 0.319 e. The van der Waals surface area contributed by atoms with Crippen LogP contribution >= 0.6 is 11.6 Å². The molecule has 0 spiro atoms. The van der Waals surface area contributed by atoms with Crippen molar-refractivity contribution >= 4 is 34.9 Å². The third-order valence-electron chi connectivity index (χ3n) is 6.42. The van der Waals surface area contributed by atoms with Crippen LogP contribution in [0.2, 0.25) is 5.02 Å². The number of nitrogens with one attached hydrogen (secondary N) is 2. The van der Waals surface area contributed by atoms with Gasteiger partial charge in [-0.2, -0.15) is 0 Å². The Bertz CT molecular complexity index is 1210. The number of rotatable bonds is 6. The van der Waals surface area contributed by atoms with Crippen molar-refractivity contribution in [3.63, 3.8) is 0 Å². The minimum atomic E-state index is -0.669. The van der Waals surface area contributed by atoms with E-state index in [9.17, 15) is 9.59 Å². The SMILES string of the molecule is CC(C)c1cccc(C(C)C)c1NC(=O)NC1Cc2ccccc2N(Cc2cccc(Cl)c2)C1=O. The Labute approximate surface area is 212 Å². The number of hydrogen-bond acceptors (Lipinski definition) is 2. The molecule has 1 unspecified atom stereocenters. The van der Waals surface area contributed by atoms with Crippen molar-refractivity contribution in [2.75, 3.05) is 10.2 Å². The largest absolute Gasteiger partial charge is 0.326 e. The zero-order valence-corrected chi connectivity index (χ0v) is 21.4. The van der Waals surface area contributed by atoms with Crippen LogP contribution in [0.5, 0.6) is 0 Å². The van der Waals surface area contributed by atoms with Crippen molar-refractivity contribution in [3.8, 4) is 0 Å². The van der Waals surface area contributed by atoms with Crippen LogP contribution in [0.25, 0.3) is 0 Å². The summed E-state index contributed by atoms with van der Waals surface area (Å²) in [5, 5.41) is 6.64. The van der Waals surface area contributed by atoms with Crippen molar-refractivity contribution in [1.29, 1.82) is 0 Å². The van der Waals surface area contributed by atoms with Gasteiger partial charge >= 0.3 is 6.03 Å². The summed E-state index contributed by atoms with van der Waals surface area (Å²) in [4.78, 5) is 28.5. The third kappa shape index (κ3) is 5.51. The fraction of sp³-hybridized carbons (Fsp3) is 0.310. The van der Waals surface area contributed by atoms with Crippen LogP contribution in [-0.2, 0) is 17.8 Å². The van der Waals surface area contributed by atoms with Crippen LogP contribution < -0.4 is 15.5 Å². The van der Waals surface area contributed by atoms with Crippen molar-refractivity contribution in [3.05, 3.63) is 94.0 Å². The summed E-state index contributed by atoms with van der Waals surface area (Å²) in [7, 11) is 0. The second-order valence-electron chi connectivity index (χ2n) is 9.66. The Hall–Kier alpha value is -3.31. The van der Waals surface area contributed by atoms with E-state index in [1.54, 1.807) is 4.90 Å². The van der Waals surface area contributed by atoms with Gasteiger partial charge in [-0.25, -0.2) is 4.79 Å². The van der Waals surface area contributed by atoms with Gasteiger partial charge in [0, 0.05) is 22.8 Å². The van der Waals surface area contributed by atoms with Crippen LogP contribution in [-0.4, -0.2) is 18.0 Å². The molecule has 3 aromatic rings. The number of amides is 3. The fourth-order valence-corrected chi connectivity index (χ4v) is 4.87. The van der Waals surface area contributed by atoms with E-state index < -0.39 is 6.04 Å². The highest BCUT2D eigenvalue weighted by molar-refractivity contribution is 6.30. The van der Waals surface area contributed by atoms with Gasteiger partial charge in [-0.15, -0.1) is 0 Å². The van der Waals surface area contributed by atoms with Crippen LogP contribution in [0, 0.1) is 0 Å². The molecule has 5 nitrogen and oxygen atoms in total. The summed E-state index contributed by atoms with van der Waals surface area (Å²) in [6.07, 6.45) is 0.442. The second-order valence-corrected chi connectivity index (χ2v) is 10.1. The summed E-state index contributed by atoms with van der Waals surface area (Å²) >= 11 is 6.17. The highest BCUT2D eigenvalue weighted by atomic mass is 35.5. The normalized spacial score (nSPS) is 15.3. The minimum Gasteiger partial charge on any atom is -0.326 e. The highest BCUT2D eigenvalue weighted by Crippen LogP contribution is 2.33. The number of para-hydroxylation sites is 2. The van der Waals surface area contributed by atoms with Gasteiger partial charge in [0.1, 0.15) is 6.04 Å². The molecule has 1 atom stereocenters. The van der Waals surface area contributed by atoms with Crippen molar-refractivity contribution in [2.24, 2.45) is 0 Å². The van der Waals surface area contributed by atoms with E-state index in [0.717, 1.165) is 33.6 Å². The van der Waals surface area contributed by atoms with E-state index in [-0.39, 0.29) is 23.8 Å². The molecule has 3 amide bonds. The van der Waals surface area contributed by atoms with Crippen LogP contribution in [0.1, 0.15) is 61.8 Å². The zero-order chi connectivity index (χ0) is 25.1. The van der Waals surface area contributed by atoms with E-state index in [0.29, 0.717) is 18.0 Å². The first-order valence-corrected chi connectivity index (χ1v) is 12.5. The summed E-state index contributed by atoms with van der Waals surface area (Å²) in [6.45, 7) is 8.81. The van der Waals surface area contributed by atoms with Gasteiger partial charge in [0.15, 0.2) is 0 Å². The lowest BCUT2D eigenvalue weighted by molar-refractivity contribution is -0.120. The molecule has 182 valence electrons. The highest BCUT2D eigenvalue weighted by Gasteiger charge is 2.34. The van der Waals surface area contributed by atoms with Gasteiger partial charge in [0.05, 0.1) is 6.54 Å². The number of fused-ring (bicyclic) bond motifs is 1. The molecule has 35 heavy (non-hydrogen) atoms. The van der Waals surface area contributed by atoms with Crippen LogP contribution in [0.4, 0.5) is 16.2 Å². The molecular weight excluding hydrogens is 458 g/mol. The van der Waals surface area contributed by atoms with E-state index in [1.807, 2.05) is 66.7 Å². The molecule has 0 fully saturated rings. The average Bonchev–Trinajstić information content (AvgIpc) is 2.81. The third-order valence-corrected chi connectivity index (χ3v) is 6.65. The number of nitrogens with zero attached hydrogens (tertiary/aromatic N) is 1. The standard InChI is InChI=1S/C29H32ClN3O2/c1-18(2)23-12-8-13-24(19(3)4)27(23)32-29(35)31-25-16-21-10-5-6-14-26(21)33(28(25)34)17-20-9-7-11-22(30)15-20/h5-15,18-19,25H,16-17H2,1-4H3,(H2,31,32,35). The van der Waals surface area contributed by atoms with E-state index in [1.165, 1.54) is 0 Å². The number of halogens is 1. The average molecular weight is 490 g/mol. The number of hydrogen-bond donors (Lipinski definition) is 2. The maximum Gasteiger partial charge on any atom is 0.319 e. The molecule has 0 radical (unpaired) electrons. The number of carbonyl (C=O) groups is 2. The van der Waals surface area contributed by atoms with Crippen molar-refractivity contribution in [2.45, 2.75) is 58.5 Å². The molecule has 3 aromatic carbocycles. The molecule has 6 heteroatoms. The Morgan fingerprint density at radius 2 is 1.63 bits per heavy atom. The number of carbonyl (C=O) groups excluding carboxylic acids is 2. The monoisotopic (exact) mass is 489 g/mol. The Balaban J connectivity index is 1.58. The summed E-state index contributed by atoms with van der Waals surface area (Å²) in [6, 6.07) is 20.4. The van der Waals surface area contributed by atoms with E-state index in [4.69, 9.17) is 11.6 Å². The lowest BCUT2D eigenvalue weighted by atomic mass is 9.92. The van der Waals surface area contributed by atoms with Crippen LogP contribution in [0.3, 0.4) is 0 Å². The maximum absolute atomic E-state index is 13.6. The first kappa shape index (κ1) is 24.8. The summed E-state index contributed by atoms with van der Waals surface area (Å²) in [5.41, 5.74) is 5.80. The molecular formula is C29H32ClN3O2. The lowest BCUT2D eigenvalue weighted by Gasteiger charge is -2.34. The van der Waals surface area contributed by atoms with E-state index in [2.05, 4.69) is 38.3 Å². The Morgan fingerprint density at radius 1 is 0.971 bits per heavy atom. The number of benzene rings is 3. The molecule has 0 aromatic heterocycles. The summed E-state index contributed by atoms with van der Waals surface area (Å²) in [5.74, 6) is 0.362.